The Morgan fingerprint density at radius 3 is 2.65 bits per heavy atom. The minimum absolute atomic E-state index is 0.619. The summed E-state index contributed by atoms with van der Waals surface area (Å²) in [5.41, 5.74) is 0.986. The Kier molecular flexibility index (Phi) is 4.39. The molecule has 0 N–H and O–H groups in total. The van der Waals surface area contributed by atoms with E-state index in [1.54, 1.807) is 0 Å². The van der Waals surface area contributed by atoms with Gasteiger partial charge in [0.25, 0.3) is 0 Å². The highest BCUT2D eigenvalue weighted by molar-refractivity contribution is 5.51. The highest BCUT2D eigenvalue weighted by Crippen LogP contribution is 2.22. The van der Waals surface area contributed by atoms with Crippen LogP contribution in [0.1, 0.15) is 31.6 Å². The quantitative estimate of drug-likeness (QED) is 0.868. The van der Waals surface area contributed by atoms with E-state index in [2.05, 4.69) is 20.0 Å². The zero-order valence-corrected chi connectivity index (χ0v) is 13.5. The van der Waals surface area contributed by atoms with E-state index >= 15 is 0 Å². The fourth-order valence-electron chi connectivity index (χ4n) is 3.79. The first-order valence-electron chi connectivity index (χ1n) is 8.73. The standard InChI is InChI=1S/C18H24N4O/c1-2-7-15(8-3-1)18-20-19-17(23-18)14-21-10-6-9-16(13-21)22-11-4-5-12-22/h1-3,7-8,16H,4-6,9-14H2/t16-/m1/s1. The summed E-state index contributed by atoms with van der Waals surface area (Å²) in [7, 11) is 0. The van der Waals surface area contributed by atoms with Crippen LogP contribution in [0.25, 0.3) is 11.5 Å². The average molecular weight is 312 g/mol. The van der Waals surface area contributed by atoms with Crippen molar-refractivity contribution < 1.29 is 4.42 Å². The molecule has 0 saturated carbocycles. The molecule has 1 atom stereocenters. The number of rotatable bonds is 4. The van der Waals surface area contributed by atoms with Gasteiger partial charge >= 0.3 is 0 Å². The van der Waals surface area contributed by atoms with Gasteiger partial charge in [-0.25, -0.2) is 0 Å². The normalized spacial score (nSPS) is 23.4. The van der Waals surface area contributed by atoms with Crippen LogP contribution in [-0.4, -0.2) is 52.2 Å². The summed E-state index contributed by atoms with van der Waals surface area (Å²) in [4.78, 5) is 5.13. The SMILES string of the molecule is c1ccc(-c2nnc(CN3CCC[C@@H](N4CCCC4)C3)o2)cc1. The van der Waals surface area contributed by atoms with E-state index in [-0.39, 0.29) is 0 Å². The molecule has 0 radical (unpaired) electrons. The minimum Gasteiger partial charge on any atom is -0.419 e. The lowest BCUT2D eigenvalue weighted by molar-refractivity contribution is 0.104. The Balaban J connectivity index is 1.39. The van der Waals surface area contributed by atoms with E-state index in [4.69, 9.17) is 4.42 Å². The van der Waals surface area contributed by atoms with Crippen LogP contribution in [0.4, 0.5) is 0 Å². The highest BCUT2D eigenvalue weighted by Gasteiger charge is 2.27. The third-order valence-electron chi connectivity index (χ3n) is 4.98. The molecular weight excluding hydrogens is 288 g/mol. The molecule has 4 rings (SSSR count). The molecule has 2 fully saturated rings. The van der Waals surface area contributed by atoms with Crippen molar-refractivity contribution >= 4 is 0 Å². The van der Waals surface area contributed by atoms with Gasteiger partial charge in [0, 0.05) is 18.2 Å². The molecule has 2 aliphatic rings. The first-order chi connectivity index (χ1) is 11.4. The Bertz CT molecular complexity index is 621. The molecule has 0 aliphatic carbocycles. The van der Waals surface area contributed by atoms with Crippen LogP contribution in [-0.2, 0) is 6.54 Å². The molecular formula is C18H24N4O. The van der Waals surface area contributed by atoms with E-state index in [0.29, 0.717) is 11.9 Å². The summed E-state index contributed by atoms with van der Waals surface area (Å²) >= 11 is 0. The van der Waals surface area contributed by atoms with Gasteiger partial charge in [-0.05, 0) is 57.5 Å². The Morgan fingerprint density at radius 2 is 1.83 bits per heavy atom. The van der Waals surface area contributed by atoms with E-state index in [1.807, 2.05) is 30.3 Å². The number of aromatic nitrogens is 2. The van der Waals surface area contributed by atoms with E-state index in [1.165, 1.54) is 38.8 Å². The van der Waals surface area contributed by atoms with Gasteiger partial charge in [-0.1, -0.05) is 18.2 Å². The van der Waals surface area contributed by atoms with Gasteiger partial charge in [0.2, 0.25) is 11.8 Å². The van der Waals surface area contributed by atoms with E-state index in [9.17, 15) is 0 Å². The van der Waals surface area contributed by atoms with Crippen molar-refractivity contribution in [2.75, 3.05) is 26.2 Å². The molecule has 122 valence electrons. The number of hydrogen-bond acceptors (Lipinski definition) is 5. The molecule has 3 heterocycles. The maximum atomic E-state index is 5.86. The summed E-state index contributed by atoms with van der Waals surface area (Å²) in [6.45, 7) is 5.58. The van der Waals surface area contributed by atoms with E-state index < -0.39 is 0 Å². The molecule has 5 heteroatoms. The Hall–Kier alpha value is -1.72. The Morgan fingerprint density at radius 1 is 1.00 bits per heavy atom. The fourth-order valence-corrected chi connectivity index (χ4v) is 3.79. The third kappa shape index (κ3) is 3.46. The number of benzene rings is 1. The van der Waals surface area contributed by atoms with Gasteiger partial charge < -0.3 is 4.42 Å². The largest absolute Gasteiger partial charge is 0.419 e. The van der Waals surface area contributed by atoms with Crippen molar-refractivity contribution in [3.05, 3.63) is 36.2 Å². The molecule has 0 amide bonds. The van der Waals surface area contributed by atoms with Crippen molar-refractivity contribution in [3.63, 3.8) is 0 Å². The van der Waals surface area contributed by atoms with Crippen LogP contribution in [0.3, 0.4) is 0 Å². The molecule has 1 aromatic carbocycles. The lowest BCUT2D eigenvalue weighted by Crippen LogP contribution is -2.46. The maximum absolute atomic E-state index is 5.86. The molecule has 0 unspecified atom stereocenters. The average Bonchev–Trinajstić information content (AvgIpc) is 3.28. The monoisotopic (exact) mass is 312 g/mol. The topological polar surface area (TPSA) is 45.4 Å². The van der Waals surface area contributed by atoms with Crippen LogP contribution in [0.15, 0.2) is 34.7 Å². The van der Waals surface area contributed by atoms with Crippen molar-refractivity contribution in [2.45, 2.75) is 38.3 Å². The predicted molar refractivity (Wildman–Crippen MR) is 88.8 cm³/mol. The van der Waals surface area contributed by atoms with Crippen molar-refractivity contribution in [1.82, 2.24) is 20.0 Å². The van der Waals surface area contributed by atoms with Crippen molar-refractivity contribution in [3.8, 4) is 11.5 Å². The number of nitrogens with zero attached hydrogens (tertiary/aromatic N) is 4. The predicted octanol–water partition coefficient (Wildman–Crippen LogP) is 2.80. The van der Waals surface area contributed by atoms with Crippen LogP contribution in [0, 0.1) is 0 Å². The first-order valence-corrected chi connectivity index (χ1v) is 8.73. The van der Waals surface area contributed by atoms with Crippen molar-refractivity contribution in [2.24, 2.45) is 0 Å². The van der Waals surface area contributed by atoms with Crippen LogP contribution in [0.5, 0.6) is 0 Å². The van der Waals surface area contributed by atoms with Gasteiger partial charge in [0.1, 0.15) is 0 Å². The molecule has 2 aliphatic heterocycles. The highest BCUT2D eigenvalue weighted by atomic mass is 16.4. The third-order valence-corrected chi connectivity index (χ3v) is 4.98. The summed E-state index contributed by atoms with van der Waals surface area (Å²) in [5.74, 6) is 1.35. The first kappa shape index (κ1) is 14.8. The summed E-state index contributed by atoms with van der Waals surface area (Å²) in [5, 5.41) is 8.43. The molecule has 1 aromatic heterocycles. The summed E-state index contributed by atoms with van der Waals surface area (Å²) < 4.78 is 5.86. The smallest absolute Gasteiger partial charge is 0.247 e. The second-order valence-corrected chi connectivity index (χ2v) is 6.64. The lowest BCUT2D eigenvalue weighted by Gasteiger charge is -2.36. The molecule has 0 bridgehead atoms. The zero-order valence-electron chi connectivity index (χ0n) is 13.5. The van der Waals surface area contributed by atoms with Gasteiger partial charge in [0.15, 0.2) is 0 Å². The van der Waals surface area contributed by atoms with Crippen LogP contribution >= 0.6 is 0 Å². The lowest BCUT2D eigenvalue weighted by atomic mass is 10.0. The second-order valence-electron chi connectivity index (χ2n) is 6.64. The van der Waals surface area contributed by atoms with Gasteiger partial charge in [-0.2, -0.15) is 0 Å². The zero-order chi connectivity index (χ0) is 15.5. The molecule has 23 heavy (non-hydrogen) atoms. The van der Waals surface area contributed by atoms with Crippen LogP contribution < -0.4 is 0 Å². The van der Waals surface area contributed by atoms with Crippen LogP contribution in [0.2, 0.25) is 0 Å². The molecule has 5 nitrogen and oxygen atoms in total. The number of piperidine rings is 1. The maximum Gasteiger partial charge on any atom is 0.247 e. The summed E-state index contributed by atoms with van der Waals surface area (Å²) in [6.07, 6.45) is 5.32. The van der Waals surface area contributed by atoms with Gasteiger partial charge in [-0.15, -0.1) is 10.2 Å². The molecule has 2 saturated heterocycles. The van der Waals surface area contributed by atoms with Crippen molar-refractivity contribution in [1.29, 1.82) is 0 Å². The Labute approximate surface area is 137 Å². The van der Waals surface area contributed by atoms with E-state index in [0.717, 1.165) is 31.1 Å². The van der Waals surface area contributed by atoms with Gasteiger partial charge in [0.05, 0.1) is 6.54 Å². The number of likely N-dealkylation sites (tertiary alicyclic amines) is 2. The number of hydrogen-bond donors (Lipinski definition) is 0. The van der Waals surface area contributed by atoms with Gasteiger partial charge in [-0.3, -0.25) is 9.80 Å². The summed E-state index contributed by atoms with van der Waals surface area (Å²) in [6, 6.07) is 10.7. The fraction of sp³-hybridized carbons (Fsp3) is 0.556. The minimum atomic E-state index is 0.619. The molecule has 2 aromatic rings. The second kappa shape index (κ2) is 6.81. The molecule has 0 spiro atoms.